The third-order valence-corrected chi connectivity index (χ3v) is 3.54. The number of carbonyl (C=O) groups is 2. The molecule has 0 saturated carbocycles. The highest BCUT2D eigenvalue weighted by Crippen LogP contribution is 2.09. The zero-order valence-electron chi connectivity index (χ0n) is 14.4. The second-order valence-corrected chi connectivity index (χ2v) is 5.56. The third kappa shape index (κ3) is 8.53. The highest BCUT2D eigenvalue weighted by molar-refractivity contribution is 5.90. The third-order valence-electron chi connectivity index (χ3n) is 3.54. The topological polar surface area (TPSA) is 71.1 Å². The molecule has 0 saturated heterocycles. The molecule has 0 aliphatic carbocycles. The summed E-state index contributed by atoms with van der Waals surface area (Å²) >= 11 is 0. The molecule has 0 heterocycles. The maximum Gasteiger partial charge on any atom is 0.543 e. The van der Waals surface area contributed by atoms with E-state index in [1.54, 1.807) is 31.2 Å². The van der Waals surface area contributed by atoms with Crippen LogP contribution in [0.25, 0.3) is 0 Å². The molecule has 0 unspecified atom stereocenters. The Bertz CT molecular complexity index is 500. The molecule has 0 fully saturated rings. The van der Waals surface area contributed by atoms with Crippen molar-refractivity contribution < 1.29 is 29.1 Å². The fraction of sp³-hybridized carbons (Fsp3) is 0.556. The van der Waals surface area contributed by atoms with E-state index in [-0.39, 0.29) is 6.61 Å². The van der Waals surface area contributed by atoms with Gasteiger partial charge in [0.1, 0.15) is 0 Å². The van der Waals surface area contributed by atoms with Crippen LogP contribution in [0.15, 0.2) is 24.3 Å². The second-order valence-electron chi connectivity index (χ2n) is 5.56. The van der Waals surface area contributed by atoms with E-state index < -0.39 is 12.1 Å². The summed E-state index contributed by atoms with van der Waals surface area (Å²) in [5, 5.41) is 4.17. The van der Waals surface area contributed by atoms with Crippen LogP contribution in [0.4, 0.5) is 4.79 Å². The van der Waals surface area contributed by atoms with E-state index >= 15 is 0 Å². The summed E-state index contributed by atoms with van der Waals surface area (Å²) in [4.78, 5) is 31.5. The van der Waals surface area contributed by atoms with Gasteiger partial charge >= 0.3 is 12.1 Å². The number of ether oxygens (including phenoxy) is 1. The summed E-state index contributed by atoms with van der Waals surface area (Å²) in [5.74, 6) is -0.743. The van der Waals surface area contributed by atoms with Gasteiger partial charge in [0.2, 0.25) is 0 Å². The molecule has 1 aromatic rings. The number of aryl methyl sites for hydroxylation is 1. The van der Waals surface area contributed by atoms with Gasteiger partial charge in [-0.2, -0.15) is 0 Å². The van der Waals surface area contributed by atoms with E-state index in [0.29, 0.717) is 5.56 Å². The van der Waals surface area contributed by atoms with Gasteiger partial charge in [-0.05, 0) is 25.0 Å². The molecule has 0 aromatic heterocycles. The molecule has 6 heteroatoms. The van der Waals surface area contributed by atoms with Crippen LogP contribution in [0.2, 0.25) is 0 Å². The molecular weight excluding hydrogens is 312 g/mol. The van der Waals surface area contributed by atoms with Crippen molar-refractivity contribution in [3.63, 3.8) is 0 Å². The second kappa shape index (κ2) is 12.4. The molecule has 1 rings (SSSR count). The number of rotatable bonds is 11. The van der Waals surface area contributed by atoms with E-state index in [1.807, 2.05) is 0 Å². The van der Waals surface area contributed by atoms with Gasteiger partial charge in [0, 0.05) is 0 Å². The van der Waals surface area contributed by atoms with Gasteiger partial charge in [-0.15, -0.1) is 0 Å². The fourth-order valence-electron chi connectivity index (χ4n) is 2.16. The summed E-state index contributed by atoms with van der Waals surface area (Å²) in [5.41, 5.74) is 1.06. The molecule has 0 amide bonds. The number of benzene rings is 1. The van der Waals surface area contributed by atoms with Crippen LogP contribution in [-0.2, 0) is 19.6 Å². The van der Waals surface area contributed by atoms with E-state index in [1.165, 1.54) is 25.7 Å². The molecule has 24 heavy (non-hydrogen) atoms. The molecule has 0 N–H and O–H groups in total. The van der Waals surface area contributed by atoms with Crippen LogP contribution < -0.4 is 0 Å². The van der Waals surface area contributed by atoms with Crippen LogP contribution in [0.3, 0.4) is 0 Å². The lowest BCUT2D eigenvalue weighted by Crippen LogP contribution is -2.13. The molecule has 0 spiro atoms. The average Bonchev–Trinajstić information content (AvgIpc) is 2.57. The predicted molar refractivity (Wildman–Crippen MR) is 88.1 cm³/mol. The summed E-state index contributed by atoms with van der Waals surface area (Å²) in [7, 11) is 0. The molecule has 0 bridgehead atoms. The van der Waals surface area contributed by atoms with Gasteiger partial charge in [0.05, 0.1) is 17.2 Å². The van der Waals surface area contributed by atoms with Crippen LogP contribution >= 0.6 is 0 Å². The van der Waals surface area contributed by atoms with Crippen molar-refractivity contribution in [3.05, 3.63) is 35.4 Å². The van der Waals surface area contributed by atoms with Gasteiger partial charge in [-0.25, -0.2) is 14.5 Å². The lowest BCUT2D eigenvalue weighted by atomic mass is 10.1. The van der Waals surface area contributed by atoms with Crippen LogP contribution in [0.1, 0.15) is 67.8 Å². The molecule has 0 aliphatic heterocycles. The Labute approximate surface area is 142 Å². The first-order chi connectivity index (χ1) is 11.6. The van der Waals surface area contributed by atoms with Crippen LogP contribution in [0.5, 0.6) is 0 Å². The normalized spacial score (nSPS) is 10.2. The van der Waals surface area contributed by atoms with E-state index in [2.05, 4.69) is 21.7 Å². The molecule has 6 nitrogen and oxygen atoms in total. The van der Waals surface area contributed by atoms with Gasteiger partial charge in [-0.1, -0.05) is 63.6 Å². The first-order valence-corrected chi connectivity index (χ1v) is 8.43. The van der Waals surface area contributed by atoms with Crippen molar-refractivity contribution in [2.75, 3.05) is 6.61 Å². The van der Waals surface area contributed by atoms with Crippen molar-refractivity contribution in [3.8, 4) is 0 Å². The van der Waals surface area contributed by atoms with E-state index in [9.17, 15) is 9.59 Å². The minimum Gasteiger partial charge on any atom is -0.432 e. The number of unbranched alkanes of at least 4 members (excludes halogenated alkanes) is 6. The summed E-state index contributed by atoms with van der Waals surface area (Å²) < 4.78 is 4.80. The predicted octanol–water partition coefficient (Wildman–Crippen LogP) is 4.90. The van der Waals surface area contributed by atoms with Gasteiger partial charge in [0.15, 0.2) is 0 Å². The summed E-state index contributed by atoms with van der Waals surface area (Å²) in [6.07, 6.45) is 6.81. The first-order valence-electron chi connectivity index (χ1n) is 8.43. The maximum atomic E-state index is 11.7. The lowest BCUT2D eigenvalue weighted by Gasteiger charge is -2.05. The Hall–Kier alpha value is -2.08. The quantitative estimate of drug-likeness (QED) is 0.247. The number of hydrogen-bond acceptors (Lipinski definition) is 6. The number of carbonyl (C=O) groups excluding carboxylic acids is 2. The summed E-state index contributed by atoms with van der Waals surface area (Å²) in [6, 6.07) is 6.83. The Balaban J connectivity index is 2.04. The zero-order chi connectivity index (χ0) is 17.6. The summed E-state index contributed by atoms with van der Waals surface area (Å²) in [6.45, 7) is 4.19. The Morgan fingerprint density at radius 1 is 0.917 bits per heavy atom. The fourth-order valence-corrected chi connectivity index (χ4v) is 2.16. The van der Waals surface area contributed by atoms with Gasteiger partial charge in [-0.3, -0.25) is 4.89 Å². The molecule has 134 valence electrons. The molecular formula is C18H26O6. The van der Waals surface area contributed by atoms with Gasteiger partial charge in [0.25, 0.3) is 0 Å². The average molecular weight is 338 g/mol. The Morgan fingerprint density at radius 3 is 2.29 bits per heavy atom. The van der Waals surface area contributed by atoms with E-state index in [4.69, 9.17) is 4.74 Å². The van der Waals surface area contributed by atoms with Crippen molar-refractivity contribution in [1.29, 1.82) is 0 Å². The lowest BCUT2D eigenvalue weighted by molar-refractivity contribution is -0.452. The van der Waals surface area contributed by atoms with Crippen molar-refractivity contribution in [2.24, 2.45) is 0 Å². The van der Waals surface area contributed by atoms with Crippen LogP contribution in [-0.4, -0.2) is 18.7 Å². The van der Waals surface area contributed by atoms with Gasteiger partial charge < -0.3 is 4.74 Å². The van der Waals surface area contributed by atoms with E-state index in [0.717, 1.165) is 24.8 Å². The van der Waals surface area contributed by atoms with Crippen molar-refractivity contribution >= 4 is 12.1 Å². The Morgan fingerprint density at radius 2 is 1.58 bits per heavy atom. The molecule has 0 aliphatic rings. The van der Waals surface area contributed by atoms with Crippen molar-refractivity contribution in [2.45, 2.75) is 58.8 Å². The van der Waals surface area contributed by atoms with Crippen molar-refractivity contribution in [1.82, 2.24) is 0 Å². The first kappa shape index (κ1) is 20.0. The largest absolute Gasteiger partial charge is 0.543 e. The standard InChI is InChI=1S/C18H26O6/c1-3-4-5-6-7-8-11-14-21-18(20)23-24-22-17(19)16-13-10-9-12-15(16)2/h9-10,12-13H,3-8,11,14H2,1-2H3. The zero-order valence-corrected chi connectivity index (χ0v) is 14.4. The SMILES string of the molecule is CCCCCCCCCOC(=O)OOOC(=O)c1ccccc1C. The minimum atomic E-state index is -1.03. The maximum absolute atomic E-state index is 11.7. The molecule has 0 atom stereocenters. The molecule has 1 aromatic carbocycles. The van der Waals surface area contributed by atoms with Crippen LogP contribution in [0, 0.1) is 6.92 Å². The number of hydrogen-bond donors (Lipinski definition) is 0. The monoisotopic (exact) mass is 338 g/mol. The highest BCUT2D eigenvalue weighted by Gasteiger charge is 2.13. The minimum absolute atomic E-state index is 0.252. The smallest absolute Gasteiger partial charge is 0.432 e. The molecule has 0 radical (unpaired) electrons. The Kier molecular flexibility index (Phi) is 10.3. The highest BCUT2D eigenvalue weighted by atomic mass is 17.5.